The van der Waals surface area contributed by atoms with Crippen LogP contribution in [-0.2, 0) is 0 Å². The Morgan fingerprint density at radius 3 is 2.53 bits per heavy atom. The van der Waals surface area contributed by atoms with Crippen LogP contribution in [0.25, 0.3) is 22.2 Å². The van der Waals surface area contributed by atoms with Crippen molar-refractivity contribution in [3.05, 3.63) is 58.2 Å². The third-order valence-corrected chi connectivity index (χ3v) is 3.89. The Balaban J connectivity index is 2.31. The number of benzene rings is 2. The van der Waals surface area contributed by atoms with Crippen molar-refractivity contribution in [2.45, 2.75) is 0 Å². The van der Waals surface area contributed by atoms with Gasteiger partial charge in [-0.1, -0.05) is 42.5 Å². The summed E-state index contributed by atoms with van der Waals surface area (Å²) < 4.78 is 1.12. The third-order valence-electron chi connectivity index (χ3n) is 3.02. The lowest BCUT2D eigenvalue weighted by atomic mass is 10.1. The molecule has 0 saturated carbocycles. The Morgan fingerprint density at radius 1 is 1.00 bits per heavy atom. The van der Waals surface area contributed by atoms with Crippen LogP contribution in [0.5, 0.6) is 0 Å². The van der Waals surface area contributed by atoms with E-state index in [9.17, 15) is 0 Å². The number of nitrogens with two attached hydrogens (primary N) is 1. The zero-order valence-electron chi connectivity index (χ0n) is 10.1. The lowest BCUT2D eigenvalue weighted by Crippen LogP contribution is -2.08. The summed E-state index contributed by atoms with van der Waals surface area (Å²) >= 11 is 2.30. The first-order valence-electron chi connectivity index (χ1n) is 5.91. The van der Waals surface area contributed by atoms with E-state index in [2.05, 4.69) is 28.0 Å². The van der Waals surface area contributed by atoms with E-state index < -0.39 is 0 Å². The van der Waals surface area contributed by atoms with Crippen molar-refractivity contribution in [3.63, 3.8) is 0 Å². The van der Waals surface area contributed by atoms with Gasteiger partial charge in [-0.2, -0.15) is 0 Å². The first kappa shape index (κ1) is 12.4. The lowest BCUT2D eigenvalue weighted by Gasteiger charge is -2.10. The van der Waals surface area contributed by atoms with Gasteiger partial charge in [0, 0.05) is 14.5 Å². The van der Waals surface area contributed by atoms with Crippen LogP contribution in [0.1, 0.15) is 0 Å². The number of nitrogen functional groups attached to an aromatic ring is 1. The van der Waals surface area contributed by atoms with Crippen molar-refractivity contribution in [1.29, 1.82) is 0 Å². The number of hydrogen-bond acceptors (Lipinski definition) is 3. The molecule has 0 aliphatic rings. The molecular weight excluding hydrogens is 349 g/mol. The maximum absolute atomic E-state index is 5.63. The minimum Gasteiger partial charge on any atom is -0.323 e. The van der Waals surface area contributed by atoms with E-state index in [1.807, 2.05) is 54.6 Å². The molecule has 19 heavy (non-hydrogen) atoms. The molecule has 0 aliphatic heterocycles. The molecule has 3 rings (SSSR count). The number of pyridine rings is 1. The average Bonchev–Trinajstić information content (AvgIpc) is 2.48. The highest BCUT2D eigenvalue weighted by atomic mass is 127. The third kappa shape index (κ3) is 2.29. The largest absolute Gasteiger partial charge is 0.323 e. The van der Waals surface area contributed by atoms with E-state index in [4.69, 9.17) is 10.8 Å². The van der Waals surface area contributed by atoms with Crippen LogP contribution in [0.2, 0.25) is 0 Å². The number of fused-ring (bicyclic) bond motifs is 1. The fraction of sp³-hybridized carbons (Fsp3) is 0. The van der Waals surface area contributed by atoms with Gasteiger partial charge in [0.05, 0.1) is 16.9 Å². The molecule has 0 saturated heterocycles. The number of anilines is 1. The lowest BCUT2D eigenvalue weighted by molar-refractivity contribution is 1.33. The number of hydrogen-bond donors (Lipinski definition) is 2. The Bertz CT molecular complexity index is 726. The number of aromatic nitrogens is 1. The molecule has 0 amide bonds. The molecule has 4 heteroatoms. The van der Waals surface area contributed by atoms with E-state index >= 15 is 0 Å². The van der Waals surface area contributed by atoms with Crippen LogP contribution in [0.4, 0.5) is 5.69 Å². The molecular formula is C15H12IN3. The zero-order chi connectivity index (χ0) is 13.2. The minimum atomic E-state index is 0.891. The van der Waals surface area contributed by atoms with Gasteiger partial charge in [0.1, 0.15) is 0 Å². The molecule has 0 fully saturated rings. The van der Waals surface area contributed by atoms with E-state index in [0.717, 1.165) is 31.4 Å². The summed E-state index contributed by atoms with van der Waals surface area (Å²) in [6, 6.07) is 18.2. The summed E-state index contributed by atoms with van der Waals surface area (Å²) in [5.74, 6) is 5.63. The standard InChI is InChI=1S/C15H12IN3/c16-12-8-4-7-11-14(19-17)9-13(18-15(11)12)10-5-2-1-3-6-10/h1-9H,17H2,(H,18,19). The Hall–Kier alpha value is -1.66. The second-order valence-electron chi connectivity index (χ2n) is 4.20. The molecule has 0 unspecified atom stereocenters. The van der Waals surface area contributed by atoms with Crippen molar-refractivity contribution >= 4 is 39.2 Å². The summed E-state index contributed by atoms with van der Waals surface area (Å²) in [5.41, 5.74) is 6.63. The van der Waals surface area contributed by atoms with Gasteiger partial charge < -0.3 is 5.43 Å². The molecule has 0 atom stereocenters. The molecule has 0 radical (unpaired) electrons. The topological polar surface area (TPSA) is 50.9 Å². The van der Waals surface area contributed by atoms with Crippen LogP contribution in [0.15, 0.2) is 54.6 Å². The van der Waals surface area contributed by atoms with E-state index in [1.54, 1.807) is 0 Å². The average molecular weight is 361 g/mol. The molecule has 0 spiro atoms. The van der Waals surface area contributed by atoms with Crippen molar-refractivity contribution in [2.75, 3.05) is 5.43 Å². The fourth-order valence-electron chi connectivity index (χ4n) is 2.09. The Morgan fingerprint density at radius 2 is 1.79 bits per heavy atom. The van der Waals surface area contributed by atoms with Gasteiger partial charge in [-0.3, -0.25) is 5.84 Å². The van der Waals surface area contributed by atoms with Crippen LogP contribution in [-0.4, -0.2) is 4.98 Å². The van der Waals surface area contributed by atoms with E-state index in [-0.39, 0.29) is 0 Å². The van der Waals surface area contributed by atoms with Gasteiger partial charge in [-0.25, -0.2) is 4.98 Å². The first-order valence-corrected chi connectivity index (χ1v) is 6.99. The molecule has 3 nitrogen and oxygen atoms in total. The van der Waals surface area contributed by atoms with Crippen LogP contribution in [0, 0.1) is 3.57 Å². The summed E-state index contributed by atoms with van der Waals surface area (Å²) in [7, 11) is 0. The highest BCUT2D eigenvalue weighted by molar-refractivity contribution is 14.1. The predicted octanol–water partition coefficient (Wildman–Crippen LogP) is 3.79. The molecule has 3 N–H and O–H groups in total. The molecule has 94 valence electrons. The van der Waals surface area contributed by atoms with Gasteiger partial charge in [-0.15, -0.1) is 0 Å². The maximum atomic E-state index is 5.63. The molecule has 3 aromatic rings. The SMILES string of the molecule is NNc1cc(-c2ccccc2)nc2c(I)cccc12. The van der Waals surface area contributed by atoms with E-state index in [1.165, 1.54) is 0 Å². The number of halogens is 1. The molecule has 0 bridgehead atoms. The fourth-order valence-corrected chi connectivity index (χ4v) is 2.71. The van der Waals surface area contributed by atoms with Gasteiger partial charge in [0.25, 0.3) is 0 Å². The smallest absolute Gasteiger partial charge is 0.0864 e. The maximum Gasteiger partial charge on any atom is 0.0864 e. The second kappa shape index (κ2) is 5.14. The number of para-hydroxylation sites is 1. The molecule has 0 aliphatic carbocycles. The predicted molar refractivity (Wildman–Crippen MR) is 87.7 cm³/mol. The van der Waals surface area contributed by atoms with Gasteiger partial charge in [0.2, 0.25) is 0 Å². The monoisotopic (exact) mass is 361 g/mol. The van der Waals surface area contributed by atoms with Crippen molar-refractivity contribution in [1.82, 2.24) is 4.98 Å². The van der Waals surface area contributed by atoms with E-state index in [0.29, 0.717) is 0 Å². The van der Waals surface area contributed by atoms with Gasteiger partial charge in [-0.05, 0) is 34.7 Å². The normalized spacial score (nSPS) is 10.6. The van der Waals surface area contributed by atoms with Crippen molar-refractivity contribution < 1.29 is 0 Å². The van der Waals surface area contributed by atoms with Crippen LogP contribution in [0.3, 0.4) is 0 Å². The van der Waals surface area contributed by atoms with Crippen molar-refractivity contribution in [2.24, 2.45) is 5.84 Å². The zero-order valence-corrected chi connectivity index (χ0v) is 12.3. The van der Waals surface area contributed by atoms with Crippen LogP contribution < -0.4 is 11.3 Å². The van der Waals surface area contributed by atoms with Crippen LogP contribution >= 0.6 is 22.6 Å². The van der Waals surface area contributed by atoms with Gasteiger partial charge >= 0.3 is 0 Å². The van der Waals surface area contributed by atoms with Crippen molar-refractivity contribution in [3.8, 4) is 11.3 Å². The first-order chi connectivity index (χ1) is 9.29. The number of hydrazine groups is 1. The number of nitrogens with zero attached hydrogens (tertiary/aromatic N) is 1. The minimum absolute atomic E-state index is 0.891. The highest BCUT2D eigenvalue weighted by Crippen LogP contribution is 2.29. The summed E-state index contributed by atoms with van der Waals surface area (Å²) in [6.07, 6.45) is 0. The molecule has 1 heterocycles. The summed E-state index contributed by atoms with van der Waals surface area (Å²) in [6.45, 7) is 0. The Labute approximate surface area is 125 Å². The summed E-state index contributed by atoms with van der Waals surface area (Å²) in [5, 5.41) is 1.04. The summed E-state index contributed by atoms with van der Waals surface area (Å²) in [4.78, 5) is 4.75. The second-order valence-corrected chi connectivity index (χ2v) is 5.36. The molecule has 1 aromatic heterocycles. The number of rotatable bonds is 2. The Kier molecular flexibility index (Phi) is 3.35. The highest BCUT2D eigenvalue weighted by Gasteiger charge is 2.08. The quantitative estimate of drug-likeness (QED) is 0.415. The molecule has 2 aromatic carbocycles. The van der Waals surface area contributed by atoms with Gasteiger partial charge in [0.15, 0.2) is 0 Å². The number of nitrogens with one attached hydrogen (secondary N) is 1.